The van der Waals surface area contributed by atoms with Crippen LogP contribution in [0.25, 0.3) is 6.08 Å². The molecule has 1 N–H and O–H groups in total. The van der Waals surface area contributed by atoms with Crippen LogP contribution in [0.5, 0.6) is 0 Å². The Balaban J connectivity index is 2.01. The average Bonchev–Trinajstić information content (AvgIpc) is 2.89. The lowest BCUT2D eigenvalue weighted by molar-refractivity contribution is -0.125. The van der Waals surface area contributed by atoms with Crippen molar-refractivity contribution >= 4 is 35.2 Å². The van der Waals surface area contributed by atoms with E-state index in [1.807, 2.05) is 0 Å². The molecule has 1 aromatic carbocycles. The molecule has 20 heavy (non-hydrogen) atoms. The fraction of sp³-hybridized carbons (Fsp3) is 0.400. The van der Waals surface area contributed by atoms with Crippen molar-refractivity contribution < 1.29 is 9.90 Å². The summed E-state index contributed by atoms with van der Waals surface area (Å²) < 4.78 is 0. The van der Waals surface area contributed by atoms with Crippen LogP contribution in [0.2, 0.25) is 10.0 Å². The Kier molecular flexibility index (Phi) is 5.08. The van der Waals surface area contributed by atoms with E-state index >= 15 is 0 Å². The van der Waals surface area contributed by atoms with Crippen LogP contribution in [-0.2, 0) is 4.79 Å². The summed E-state index contributed by atoms with van der Waals surface area (Å²) in [6.45, 7) is 3.05. The van der Waals surface area contributed by atoms with Crippen molar-refractivity contribution in [2.45, 2.75) is 19.4 Å². The first kappa shape index (κ1) is 15.4. The van der Waals surface area contributed by atoms with Crippen LogP contribution in [0.15, 0.2) is 24.3 Å². The second-order valence-electron chi connectivity index (χ2n) is 5.07. The van der Waals surface area contributed by atoms with E-state index in [0.717, 1.165) is 12.0 Å². The molecular formula is C15H17Cl2NO2. The van der Waals surface area contributed by atoms with Crippen molar-refractivity contribution in [1.82, 2.24) is 4.90 Å². The molecule has 5 heteroatoms. The molecule has 1 aliphatic rings. The van der Waals surface area contributed by atoms with Crippen molar-refractivity contribution in [2.75, 3.05) is 13.1 Å². The minimum Gasteiger partial charge on any atom is -0.393 e. The highest BCUT2D eigenvalue weighted by molar-refractivity contribution is 6.34. The normalized spacial score (nSPS) is 20.6. The van der Waals surface area contributed by atoms with Crippen molar-refractivity contribution in [3.63, 3.8) is 0 Å². The predicted octanol–water partition coefficient (Wildman–Crippen LogP) is 3.24. The first-order valence-electron chi connectivity index (χ1n) is 6.57. The number of hydrogen-bond donors (Lipinski definition) is 1. The molecule has 2 atom stereocenters. The maximum Gasteiger partial charge on any atom is 0.246 e. The van der Waals surface area contributed by atoms with Gasteiger partial charge in [-0.2, -0.15) is 0 Å². The summed E-state index contributed by atoms with van der Waals surface area (Å²) in [5.41, 5.74) is 0.721. The summed E-state index contributed by atoms with van der Waals surface area (Å²) in [5.74, 6) is 0.103. The Labute approximate surface area is 128 Å². The van der Waals surface area contributed by atoms with E-state index in [0.29, 0.717) is 23.1 Å². The highest BCUT2D eigenvalue weighted by Crippen LogP contribution is 2.23. The Morgan fingerprint density at radius 1 is 1.50 bits per heavy atom. The molecule has 0 aliphatic carbocycles. The van der Waals surface area contributed by atoms with Gasteiger partial charge in [-0.25, -0.2) is 0 Å². The molecule has 0 radical (unpaired) electrons. The van der Waals surface area contributed by atoms with Crippen molar-refractivity contribution in [3.05, 3.63) is 39.9 Å². The summed E-state index contributed by atoms with van der Waals surface area (Å²) in [4.78, 5) is 13.8. The third-order valence-electron chi connectivity index (χ3n) is 3.58. The molecule has 1 heterocycles. The monoisotopic (exact) mass is 313 g/mol. The molecule has 1 saturated heterocycles. The van der Waals surface area contributed by atoms with E-state index in [4.69, 9.17) is 23.2 Å². The maximum absolute atomic E-state index is 12.1. The molecule has 2 unspecified atom stereocenters. The molecule has 1 amide bonds. The maximum atomic E-state index is 12.1. The van der Waals surface area contributed by atoms with Gasteiger partial charge in [0.1, 0.15) is 0 Å². The molecule has 3 nitrogen and oxygen atoms in total. The highest BCUT2D eigenvalue weighted by Gasteiger charge is 2.27. The second-order valence-corrected chi connectivity index (χ2v) is 5.92. The first-order valence-corrected chi connectivity index (χ1v) is 7.33. The Bertz CT molecular complexity index is 529. The number of nitrogens with zero attached hydrogens (tertiary/aromatic N) is 1. The van der Waals surface area contributed by atoms with Gasteiger partial charge in [-0.05, 0) is 43.2 Å². The summed E-state index contributed by atoms with van der Waals surface area (Å²) in [7, 11) is 0. The van der Waals surface area contributed by atoms with Gasteiger partial charge in [0.25, 0.3) is 0 Å². The SMILES string of the molecule is CC(O)C1CCN(C(=O)/C=C/c2cc(Cl)ccc2Cl)C1. The van der Waals surface area contributed by atoms with Gasteiger partial charge < -0.3 is 10.0 Å². The lowest BCUT2D eigenvalue weighted by Crippen LogP contribution is -2.28. The molecule has 108 valence electrons. The number of carbonyl (C=O) groups is 1. The van der Waals surface area contributed by atoms with Gasteiger partial charge in [-0.3, -0.25) is 4.79 Å². The number of benzene rings is 1. The third-order valence-corrected chi connectivity index (χ3v) is 4.16. The lowest BCUT2D eigenvalue weighted by atomic mass is 10.0. The van der Waals surface area contributed by atoms with Gasteiger partial charge in [0.15, 0.2) is 0 Å². The number of halogens is 2. The number of hydrogen-bond acceptors (Lipinski definition) is 2. The van der Waals surface area contributed by atoms with Crippen molar-refractivity contribution in [3.8, 4) is 0 Å². The average molecular weight is 314 g/mol. The highest BCUT2D eigenvalue weighted by atomic mass is 35.5. The summed E-state index contributed by atoms with van der Waals surface area (Å²) in [5, 5.41) is 10.7. The Hall–Kier alpha value is -1.03. The Morgan fingerprint density at radius 2 is 2.25 bits per heavy atom. The zero-order valence-corrected chi connectivity index (χ0v) is 12.7. The van der Waals surface area contributed by atoms with Crippen LogP contribution >= 0.6 is 23.2 Å². The summed E-state index contributed by atoms with van der Waals surface area (Å²) in [6.07, 6.45) is 3.64. The summed E-state index contributed by atoms with van der Waals surface area (Å²) >= 11 is 11.9. The number of likely N-dealkylation sites (tertiary alicyclic amines) is 1. The molecule has 0 bridgehead atoms. The van der Waals surface area contributed by atoms with E-state index in [9.17, 15) is 9.90 Å². The van der Waals surface area contributed by atoms with Gasteiger partial charge in [-0.1, -0.05) is 23.2 Å². The minimum absolute atomic E-state index is 0.0656. The minimum atomic E-state index is -0.376. The lowest BCUT2D eigenvalue weighted by Gasteiger charge is -2.15. The van der Waals surface area contributed by atoms with Crippen LogP contribution in [-0.4, -0.2) is 35.1 Å². The fourth-order valence-electron chi connectivity index (χ4n) is 2.29. The topological polar surface area (TPSA) is 40.5 Å². The molecule has 2 rings (SSSR count). The van der Waals surface area contributed by atoms with E-state index < -0.39 is 0 Å². The van der Waals surface area contributed by atoms with Crippen molar-refractivity contribution in [2.24, 2.45) is 5.92 Å². The van der Waals surface area contributed by atoms with Gasteiger partial charge in [-0.15, -0.1) is 0 Å². The van der Waals surface area contributed by atoms with Crippen LogP contribution in [0, 0.1) is 5.92 Å². The molecule has 1 fully saturated rings. The largest absolute Gasteiger partial charge is 0.393 e. The second kappa shape index (κ2) is 6.61. The molecule has 0 saturated carbocycles. The molecule has 0 spiro atoms. The van der Waals surface area contributed by atoms with E-state index in [2.05, 4.69) is 0 Å². The quantitative estimate of drug-likeness (QED) is 0.870. The smallest absolute Gasteiger partial charge is 0.246 e. The van der Waals surface area contributed by atoms with E-state index in [1.54, 1.807) is 36.1 Å². The molecule has 0 aromatic heterocycles. The van der Waals surface area contributed by atoms with Crippen LogP contribution in [0.3, 0.4) is 0 Å². The number of aliphatic hydroxyl groups excluding tert-OH is 1. The molecular weight excluding hydrogens is 297 g/mol. The fourth-order valence-corrected chi connectivity index (χ4v) is 2.65. The summed E-state index contributed by atoms with van der Waals surface area (Å²) in [6, 6.07) is 5.13. The van der Waals surface area contributed by atoms with E-state index in [1.165, 1.54) is 6.08 Å². The first-order chi connectivity index (χ1) is 9.47. The van der Waals surface area contributed by atoms with Gasteiger partial charge >= 0.3 is 0 Å². The van der Waals surface area contributed by atoms with Crippen molar-refractivity contribution in [1.29, 1.82) is 0 Å². The molecule has 1 aliphatic heterocycles. The number of amides is 1. The zero-order valence-electron chi connectivity index (χ0n) is 11.2. The molecule has 1 aromatic rings. The van der Waals surface area contributed by atoms with Crippen LogP contribution in [0.4, 0.5) is 0 Å². The van der Waals surface area contributed by atoms with Crippen LogP contribution in [0.1, 0.15) is 18.9 Å². The van der Waals surface area contributed by atoms with Crippen LogP contribution < -0.4 is 0 Å². The number of carbonyl (C=O) groups excluding carboxylic acids is 1. The van der Waals surface area contributed by atoms with Gasteiger partial charge in [0.05, 0.1) is 6.10 Å². The third kappa shape index (κ3) is 3.75. The number of rotatable bonds is 3. The van der Waals surface area contributed by atoms with Gasteiger partial charge in [0.2, 0.25) is 5.91 Å². The Morgan fingerprint density at radius 3 is 2.90 bits per heavy atom. The standard InChI is InChI=1S/C15H17Cl2NO2/c1-10(19)12-6-7-18(9-12)15(20)5-2-11-8-13(16)3-4-14(11)17/h2-5,8,10,12,19H,6-7,9H2,1H3/b5-2+. The zero-order chi connectivity index (χ0) is 14.7. The predicted molar refractivity (Wildman–Crippen MR) is 81.9 cm³/mol. The number of aliphatic hydroxyl groups is 1. The van der Waals surface area contributed by atoms with Gasteiger partial charge in [0, 0.05) is 35.1 Å². The van der Waals surface area contributed by atoms with E-state index in [-0.39, 0.29) is 17.9 Å².